The van der Waals surface area contributed by atoms with Crippen LogP contribution in [-0.4, -0.2) is 26.3 Å². The predicted molar refractivity (Wildman–Crippen MR) is 145 cm³/mol. The zero-order valence-electron chi connectivity index (χ0n) is 18.4. The van der Waals surface area contributed by atoms with Crippen LogP contribution in [0.3, 0.4) is 0 Å². The summed E-state index contributed by atoms with van der Waals surface area (Å²) in [6, 6.07) is 16.0. The summed E-state index contributed by atoms with van der Waals surface area (Å²) >= 11 is 21.8. The Morgan fingerprint density at radius 1 is 0.677 bits per heavy atom. The van der Waals surface area contributed by atoms with Crippen molar-refractivity contribution in [2.75, 3.05) is 14.2 Å². The SMILES string of the molecule is COc1ccc(P(=S)([S-])NC(C)C)cc1.COc1ccc(P(=S)([S-])NC(C)C)cc1.[Pt+2]. The van der Waals surface area contributed by atoms with Crippen molar-refractivity contribution < 1.29 is 30.5 Å². The quantitative estimate of drug-likeness (QED) is 0.310. The van der Waals surface area contributed by atoms with E-state index in [1.807, 2.05) is 48.5 Å². The normalized spacial score (nSPS) is 14.5. The first-order valence-corrected chi connectivity index (χ1v) is 17.0. The molecule has 0 aliphatic heterocycles. The minimum absolute atomic E-state index is 0. The summed E-state index contributed by atoms with van der Waals surface area (Å²) < 4.78 is 10.2. The van der Waals surface area contributed by atoms with E-state index in [0.717, 1.165) is 22.1 Å². The van der Waals surface area contributed by atoms with Crippen LogP contribution in [0.4, 0.5) is 0 Å². The van der Waals surface area contributed by atoms with Gasteiger partial charge in [-0.3, -0.25) is 0 Å². The molecule has 2 N–H and O–H groups in total. The zero-order chi connectivity index (χ0) is 22.9. The molecule has 2 unspecified atom stereocenters. The summed E-state index contributed by atoms with van der Waals surface area (Å²) in [7, 11) is 3.29. The summed E-state index contributed by atoms with van der Waals surface area (Å²) in [6.45, 7) is 8.21. The van der Waals surface area contributed by atoms with Crippen molar-refractivity contribution in [1.29, 1.82) is 0 Å². The molecule has 11 heteroatoms. The Bertz CT molecular complexity index is 808. The molecule has 4 nitrogen and oxygen atoms in total. The van der Waals surface area contributed by atoms with Crippen LogP contribution >= 0.6 is 10.8 Å². The van der Waals surface area contributed by atoms with Crippen LogP contribution in [0.2, 0.25) is 0 Å². The second-order valence-corrected chi connectivity index (χ2v) is 18.8. The van der Waals surface area contributed by atoms with Crippen LogP contribution in [0, 0.1) is 0 Å². The number of hydrogen-bond donors (Lipinski definition) is 2. The molecule has 0 saturated carbocycles. The number of rotatable bonds is 8. The van der Waals surface area contributed by atoms with E-state index in [9.17, 15) is 0 Å². The third-order valence-electron chi connectivity index (χ3n) is 3.68. The Kier molecular flexibility index (Phi) is 15.1. The second-order valence-electron chi connectivity index (χ2n) is 7.07. The predicted octanol–water partition coefficient (Wildman–Crippen LogP) is 4.35. The van der Waals surface area contributed by atoms with Crippen LogP contribution in [0.1, 0.15) is 27.7 Å². The zero-order valence-corrected chi connectivity index (χ0v) is 25.8. The molecular formula is C20H30N2O2P2PtS4. The van der Waals surface area contributed by atoms with Crippen molar-refractivity contribution in [3.8, 4) is 11.5 Å². The van der Waals surface area contributed by atoms with E-state index in [0.29, 0.717) is 12.1 Å². The largest absolute Gasteiger partial charge is 2.00 e. The Morgan fingerprint density at radius 3 is 1.13 bits per heavy atom. The fraction of sp³-hybridized carbons (Fsp3) is 0.400. The fourth-order valence-corrected chi connectivity index (χ4v) is 9.12. The second kappa shape index (κ2) is 14.8. The van der Waals surface area contributed by atoms with E-state index >= 15 is 0 Å². The average Bonchev–Trinajstić information content (AvgIpc) is 2.66. The molecule has 31 heavy (non-hydrogen) atoms. The van der Waals surface area contributed by atoms with E-state index in [-0.39, 0.29) is 21.1 Å². The summed E-state index contributed by atoms with van der Waals surface area (Å²) in [6.07, 6.45) is 0. The van der Waals surface area contributed by atoms with E-state index < -0.39 is 10.8 Å². The van der Waals surface area contributed by atoms with E-state index in [1.54, 1.807) is 14.2 Å². The van der Waals surface area contributed by atoms with Crippen LogP contribution in [0.15, 0.2) is 48.5 Å². The monoisotopic (exact) mass is 715 g/mol. The minimum atomic E-state index is -2.02. The van der Waals surface area contributed by atoms with Gasteiger partial charge in [0.25, 0.3) is 0 Å². The first-order chi connectivity index (χ1) is 13.9. The van der Waals surface area contributed by atoms with Gasteiger partial charge in [0.05, 0.1) is 14.2 Å². The van der Waals surface area contributed by atoms with Gasteiger partial charge in [-0.2, -0.15) is 0 Å². The van der Waals surface area contributed by atoms with E-state index in [1.165, 1.54) is 0 Å². The van der Waals surface area contributed by atoms with Crippen molar-refractivity contribution in [2.24, 2.45) is 0 Å². The summed E-state index contributed by atoms with van der Waals surface area (Å²) in [5.41, 5.74) is 0. The molecule has 2 aromatic rings. The van der Waals surface area contributed by atoms with Gasteiger partial charge in [0.15, 0.2) is 0 Å². The number of nitrogens with one attached hydrogen (secondary N) is 2. The fourth-order valence-electron chi connectivity index (χ4n) is 2.39. The number of benzene rings is 2. The summed E-state index contributed by atoms with van der Waals surface area (Å²) in [5, 5.41) is 4.54. The molecule has 0 aliphatic rings. The molecule has 0 bridgehead atoms. The Morgan fingerprint density at radius 2 is 0.935 bits per heavy atom. The summed E-state index contributed by atoms with van der Waals surface area (Å²) in [5.74, 6) is 1.65. The van der Waals surface area contributed by atoms with Crippen molar-refractivity contribution in [3.05, 3.63) is 48.5 Å². The molecule has 0 saturated heterocycles. The van der Waals surface area contributed by atoms with Gasteiger partial charge in [0.1, 0.15) is 11.5 Å². The smallest absolute Gasteiger partial charge is 0.727 e. The number of hydrogen-bond acceptors (Lipinski definition) is 6. The Hall–Kier alpha value is 0.648. The molecule has 2 atom stereocenters. The van der Waals surface area contributed by atoms with Crippen LogP contribution in [0.5, 0.6) is 11.5 Å². The first-order valence-electron chi connectivity index (χ1n) is 9.38. The van der Waals surface area contributed by atoms with Gasteiger partial charge in [0.2, 0.25) is 0 Å². The molecule has 0 heterocycles. The van der Waals surface area contributed by atoms with Crippen molar-refractivity contribution in [2.45, 2.75) is 39.8 Å². The van der Waals surface area contributed by atoms with Crippen molar-refractivity contribution in [1.82, 2.24) is 10.2 Å². The molecule has 0 aliphatic carbocycles. The molecule has 0 fully saturated rings. The van der Waals surface area contributed by atoms with Gasteiger partial charge in [0, 0.05) is 12.1 Å². The standard InChI is InChI=1S/2C10H16NOPS2.Pt/c2*1-8(2)11-13(14,15)10-6-4-9(12-3)5-7-10;/h2*4-8H,1-3H3,(H2,11,14,15);/q;;+2/p-2. The molecule has 0 aromatic heterocycles. The molecule has 176 valence electrons. The average molecular weight is 716 g/mol. The molecule has 2 aromatic carbocycles. The molecular weight excluding hydrogens is 686 g/mol. The summed E-state index contributed by atoms with van der Waals surface area (Å²) in [4.78, 5) is 0. The maximum absolute atomic E-state index is 5.44. The third kappa shape index (κ3) is 11.6. The van der Waals surface area contributed by atoms with Crippen LogP contribution in [0.25, 0.3) is 0 Å². The number of methoxy groups -OCH3 is 2. The molecule has 2 rings (SSSR count). The Labute approximate surface area is 222 Å². The van der Waals surface area contributed by atoms with Gasteiger partial charge < -0.3 is 44.1 Å². The first kappa shape index (κ1) is 31.6. The maximum atomic E-state index is 5.44. The molecule has 0 spiro atoms. The number of ether oxygens (including phenoxy) is 2. The van der Waals surface area contributed by atoms with Gasteiger partial charge >= 0.3 is 21.1 Å². The van der Waals surface area contributed by atoms with E-state index in [4.69, 9.17) is 57.6 Å². The molecule has 0 amide bonds. The maximum Gasteiger partial charge on any atom is 2.00 e. The van der Waals surface area contributed by atoms with Gasteiger partial charge in [-0.05, 0) is 62.6 Å². The van der Waals surface area contributed by atoms with Crippen molar-refractivity contribution >= 4 is 69.5 Å². The van der Waals surface area contributed by atoms with Crippen LogP contribution in [-0.2, 0) is 69.2 Å². The van der Waals surface area contributed by atoms with Gasteiger partial charge in [-0.25, -0.2) is 0 Å². The molecule has 0 radical (unpaired) electrons. The Balaban J connectivity index is 0.000000562. The third-order valence-corrected chi connectivity index (χ3v) is 11.1. The minimum Gasteiger partial charge on any atom is -0.727 e. The van der Waals surface area contributed by atoms with Gasteiger partial charge in [-0.1, -0.05) is 35.0 Å². The van der Waals surface area contributed by atoms with E-state index in [2.05, 4.69) is 37.9 Å². The topological polar surface area (TPSA) is 42.5 Å². The van der Waals surface area contributed by atoms with Crippen LogP contribution < -0.4 is 30.3 Å². The van der Waals surface area contributed by atoms with Crippen molar-refractivity contribution in [3.63, 3.8) is 0 Å². The van der Waals surface area contributed by atoms with Gasteiger partial charge in [-0.15, -0.1) is 23.6 Å².